The van der Waals surface area contributed by atoms with Crippen LogP contribution in [-0.2, 0) is 0 Å². The lowest BCUT2D eigenvalue weighted by atomic mass is 10.1. The number of nitrogens with two attached hydrogens (primary N) is 1. The van der Waals surface area contributed by atoms with Gasteiger partial charge in [-0.3, -0.25) is 4.98 Å². The molecule has 0 radical (unpaired) electrons. The van der Waals surface area contributed by atoms with Crippen molar-refractivity contribution in [3.05, 3.63) is 51.3 Å². The summed E-state index contributed by atoms with van der Waals surface area (Å²) in [6, 6.07) is 7.16. The third-order valence-corrected chi connectivity index (χ3v) is 4.01. The average molecular weight is 369 g/mol. The molecular formula is C14H8BrCl2N3. The first-order valence-electron chi connectivity index (χ1n) is 5.71. The third-order valence-electron chi connectivity index (χ3n) is 2.95. The molecule has 6 heteroatoms. The molecule has 100 valence electrons. The van der Waals surface area contributed by atoms with Crippen molar-refractivity contribution in [1.82, 2.24) is 9.97 Å². The van der Waals surface area contributed by atoms with Crippen LogP contribution in [0.3, 0.4) is 0 Å². The van der Waals surface area contributed by atoms with Crippen LogP contribution in [0.1, 0.15) is 0 Å². The maximum atomic E-state index is 6.05. The van der Waals surface area contributed by atoms with E-state index in [4.69, 9.17) is 28.9 Å². The Morgan fingerprint density at radius 2 is 1.70 bits per heavy atom. The maximum Gasteiger partial charge on any atom is 0.129 e. The van der Waals surface area contributed by atoms with Crippen LogP contribution in [0.25, 0.3) is 22.0 Å². The first-order chi connectivity index (χ1) is 9.56. The van der Waals surface area contributed by atoms with Crippen molar-refractivity contribution in [1.29, 1.82) is 0 Å². The zero-order chi connectivity index (χ0) is 14.3. The van der Waals surface area contributed by atoms with E-state index < -0.39 is 0 Å². The summed E-state index contributed by atoms with van der Waals surface area (Å²) in [6.45, 7) is 0. The number of pyridine rings is 2. The number of halogens is 3. The van der Waals surface area contributed by atoms with Crippen molar-refractivity contribution in [3.8, 4) is 11.3 Å². The van der Waals surface area contributed by atoms with Crippen LogP contribution in [0.4, 0.5) is 5.69 Å². The molecule has 0 unspecified atom stereocenters. The Morgan fingerprint density at radius 3 is 2.40 bits per heavy atom. The summed E-state index contributed by atoms with van der Waals surface area (Å²) < 4.78 is 0.617. The lowest BCUT2D eigenvalue weighted by Crippen LogP contribution is -1.94. The van der Waals surface area contributed by atoms with Crippen molar-refractivity contribution in [3.63, 3.8) is 0 Å². The Bertz CT molecular complexity index is 801. The molecule has 2 heterocycles. The number of nitrogens with zero attached hydrogens (tertiary/aromatic N) is 2. The fourth-order valence-corrected chi connectivity index (χ4v) is 2.90. The molecule has 2 N–H and O–H groups in total. The molecule has 0 atom stereocenters. The summed E-state index contributed by atoms with van der Waals surface area (Å²) in [4.78, 5) is 8.63. The Kier molecular flexibility index (Phi) is 3.54. The van der Waals surface area contributed by atoms with Crippen LogP contribution in [0.15, 0.2) is 41.3 Å². The normalized spacial score (nSPS) is 10.9. The minimum absolute atomic E-state index is 0.560. The molecule has 0 spiro atoms. The predicted octanol–water partition coefficient (Wildman–Crippen LogP) is 4.95. The highest BCUT2D eigenvalue weighted by atomic mass is 79.9. The lowest BCUT2D eigenvalue weighted by Gasteiger charge is -2.09. The standard InChI is InChI=1S/C14H8BrCl2N3/c15-14-12(18)10-1-2-19-13(11(10)6-20-14)7-3-8(16)5-9(17)4-7/h1-6H,18H2. The number of hydrogen-bond donors (Lipinski definition) is 1. The molecule has 2 aromatic heterocycles. The summed E-state index contributed by atoms with van der Waals surface area (Å²) in [5, 5.41) is 2.85. The topological polar surface area (TPSA) is 51.8 Å². The Hall–Kier alpha value is -1.36. The fraction of sp³-hybridized carbons (Fsp3) is 0. The molecule has 0 amide bonds. The molecule has 0 fully saturated rings. The molecule has 0 saturated carbocycles. The van der Waals surface area contributed by atoms with Crippen LogP contribution in [0.5, 0.6) is 0 Å². The summed E-state index contributed by atoms with van der Waals surface area (Å²) in [6.07, 6.45) is 3.43. The highest BCUT2D eigenvalue weighted by molar-refractivity contribution is 9.10. The highest BCUT2D eigenvalue weighted by Gasteiger charge is 2.11. The monoisotopic (exact) mass is 367 g/mol. The van der Waals surface area contributed by atoms with E-state index in [-0.39, 0.29) is 0 Å². The number of fused-ring (bicyclic) bond motifs is 1. The van der Waals surface area contributed by atoms with E-state index >= 15 is 0 Å². The van der Waals surface area contributed by atoms with Gasteiger partial charge in [0, 0.05) is 38.8 Å². The van der Waals surface area contributed by atoms with Crippen LogP contribution in [-0.4, -0.2) is 9.97 Å². The van der Waals surface area contributed by atoms with Gasteiger partial charge in [0.1, 0.15) is 4.60 Å². The van der Waals surface area contributed by atoms with Gasteiger partial charge >= 0.3 is 0 Å². The second kappa shape index (κ2) is 5.20. The molecule has 0 bridgehead atoms. The fourth-order valence-electron chi connectivity index (χ4n) is 2.06. The van der Waals surface area contributed by atoms with E-state index in [2.05, 4.69) is 25.9 Å². The van der Waals surface area contributed by atoms with Gasteiger partial charge in [0.15, 0.2) is 0 Å². The van der Waals surface area contributed by atoms with E-state index in [1.54, 1.807) is 18.5 Å². The molecular weight excluding hydrogens is 361 g/mol. The van der Waals surface area contributed by atoms with Crippen LogP contribution < -0.4 is 5.73 Å². The molecule has 3 rings (SSSR count). The highest BCUT2D eigenvalue weighted by Crippen LogP contribution is 2.34. The molecule has 0 aliphatic rings. The first kappa shape index (κ1) is 13.6. The van der Waals surface area contributed by atoms with E-state index in [1.807, 2.05) is 18.2 Å². The van der Waals surface area contributed by atoms with Crippen molar-refractivity contribution < 1.29 is 0 Å². The van der Waals surface area contributed by atoms with Gasteiger partial charge in [-0.15, -0.1) is 0 Å². The van der Waals surface area contributed by atoms with Gasteiger partial charge in [0.25, 0.3) is 0 Å². The zero-order valence-electron chi connectivity index (χ0n) is 10.1. The smallest absolute Gasteiger partial charge is 0.129 e. The van der Waals surface area contributed by atoms with Gasteiger partial charge in [-0.2, -0.15) is 0 Å². The number of anilines is 1. The third kappa shape index (κ3) is 2.35. The van der Waals surface area contributed by atoms with Crippen molar-refractivity contribution >= 4 is 55.6 Å². The lowest BCUT2D eigenvalue weighted by molar-refractivity contribution is 1.29. The van der Waals surface area contributed by atoms with Crippen molar-refractivity contribution in [2.75, 3.05) is 5.73 Å². The largest absolute Gasteiger partial charge is 0.396 e. The molecule has 3 aromatic rings. The Labute approximate surface area is 133 Å². The molecule has 0 aliphatic carbocycles. The summed E-state index contributed by atoms with van der Waals surface area (Å²) in [5.74, 6) is 0. The first-order valence-corrected chi connectivity index (χ1v) is 7.26. The van der Waals surface area contributed by atoms with Gasteiger partial charge in [0.05, 0.1) is 11.4 Å². The number of nitrogen functional groups attached to an aromatic ring is 1. The Balaban J connectivity index is 2.34. The van der Waals surface area contributed by atoms with Gasteiger partial charge in [-0.1, -0.05) is 23.2 Å². The summed E-state index contributed by atoms with van der Waals surface area (Å²) >= 11 is 15.4. The molecule has 20 heavy (non-hydrogen) atoms. The number of benzene rings is 1. The second-order valence-corrected chi connectivity index (χ2v) is 5.87. The predicted molar refractivity (Wildman–Crippen MR) is 87.1 cm³/mol. The van der Waals surface area contributed by atoms with Crippen molar-refractivity contribution in [2.24, 2.45) is 0 Å². The quantitative estimate of drug-likeness (QED) is 0.618. The minimum atomic E-state index is 0.560. The summed E-state index contributed by atoms with van der Waals surface area (Å²) in [7, 11) is 0. The van der Waals surface area contributed by atoms with Gasteiger partial charge in [0.2, 0.25) is 0 Å². The van der Waals surface area contributed by atoms with Crippen LogP contribution >= 0.6 is 39.1 Å². The van der Waals surface area contributed by atoms with Gasteiger partial charge in [-0.05, 0) is 40.2 Å². The van der Waals surface area contributed by atoms with E-state index in [0.29, 0.717) is 20.3 Å². The van der Waals surface area contributed by atoms with Gasteiger partial charge in [-0.25, -0.2) is 4.98 Å². The summed E-state index contributed by atoms with van der Waals surface area (Å²) in [5.41, 5.74) is 8.20. The SMILES string of the molecule is Nc1c(Br)ncc2c(-c3cc(Cl)cc(Cl)c3)nccc12. The molecule has 0 aliphatic heterocycles. The minimum Gasteiger partial charge on any atom is -0.396 e. The van der Waals surface area contributed by atoms with E-state index in [0.717, 1.165) is 22.0 Å². The molecule has 3 nitrogen and oxygen atoms in total. The second-order valence-electron chi connectivity index (χ2n) is 4.24. The number of aromatic nitrogens is 2. The van der Waals surface area contributed by atoms with E-state index in [9.17, 15) is 0 Å². The van der Waals surface area contributed by atoms with Gasteiger partial charge < -0.3 is 5.73 Å². The average Bonchev–Trinajstić information content (AvgIpc) is 2.41. The van der Waals surface area contributed by atoms with Crippen molar-refractivity contribution in [2.45, 2.75) is 0 Å². The zero-order valence-corrected chi connectivity index (χ0v) is 13.2. The van der Waals surface area contributed by atoms with Crippen LogP contribution in [0, 0.1) is 0 Å². The van der Waals surface area contributed by atoms with Crippen LogP contribution in [0.2, 0.25) is 10.0 Å². The Morgan fingerprint density at radius 1 is 1.00 bits per heavy atom. The molecule has 0 saturated heterocycles. The maximum absolute atomic E-state index is 6.05. The number of rotatable bonds is 1. The number of hydrogen-bond acceptors (Lipinski definition) is 3. The molecule has 1 aromatic carbocycles. The van der Waals surface area contributed by atoms with E-state index in [1.165, 1.54) is 0 Å².